The van der Waals surface area contributed by atoms with Gasteiger partial charge >= 0.3 is 0 Å². The summed E-state index contributed by atoms with van der Waals surface area (Å²) in [6, 6.07) is 6.07. The van der Waals surface area contributed by atoms with Crippen LogP contribution in [0.5, 0.6) is 5.75 Å². The van der Waals surface area contributed by atoms with Crippen LogP contribution in [0.3, 0.4) is 0 Å². The molecule has 4 nitrogen and oxygen atoms in total. The second kappa shape index (κ2) is 12.3. The molecule has 26 heavy (non-hydrogen) atoms. The molecule has 0 aliphatic carbocycles. The first-order chi connectivity index (χ1) is 12.4. The number of hydrogen-bond acceptors (Lipinski definition) is 3. The molecule has 0 aliphatic heterocycles. The minimum Gasteiger partial charge on any atom is -0.492 e. The van der Waals surface area contributed by atoms with Gasteiger partial charge in [-0.2, -0.15) is 8.42 Å². The first-order valence-corrected chi connectivity index (χ1v) is 11.6. The molecule has 0 saturated carbocycles. The fourth-order valence-electron chi connectivity index (χ4n) is 3.03. The van der Waals surface area contributed by atoms with Crippen molar-refractivity contribution in [1.82, 2.24) is 0 Å². The highest BCUT2D eigenvalue weighted by Crippen LogP contribution is 2.27. The Kier molecular flexibility index (Phi) is 10.9. The lowest BCUT2D eigenvalue weighted by molar-refractivity contribution is 0.307. The van der Waals surface area contributed by atoms with E-state index in [2.05, 4.69) is 19.9 Å². The molecule has 1 aromatic rings. The molecule has 0 aromatic heterocycles. The molecule has 1 atom stereocenters. The molecule has 0 saturated heterocycles. The maximum absolute atomic E-state index is 11.2. The lowest BCUT2D eigenvalue weighted by Crippen LogP contribution is -2.24. The average molecular weight is 385 g/mol. The number of rotatable bonds is 14. The Hall–Kier alpha value is -1.07. The SMILES string of the molecule is CCCCCCc1cccc(OCC(C)S(=O)(=O)O)c1CCCCCC. The van der Waals surface area contributed by atoms with Crippen LogP contribution in [0.25, 0.3) is 0 Å². The van der Waals surface area contributed by atoms with Crippen LogP contribution >= 0.6 is 0 Å². The van der Waals surface area contributed by atoms with E-state index < -0.39 is 15.4 Å². The van der Waals surface area contributed by atoms with Gasteiger partial charge in [-0.25, -0.2) is 0 Å². The predicted molar refractivity (Wildman–Crippen MR) is 109 cm³/mol. The van der Waals surface area contributed by atoms with Gasteiger partial charge in [-0.1, -0.05) is 64.5 Å². The largest absolute Gasteiger partial charge is 0.492 e. The topological polar surface area (TPSA) is 63.6 Å². The highest BCUT2D eigenvalue weighted by Gasteiger charge is 2.19. The Morgan fingerprint density at radius 3 is 2.15 bits per heavy atom. The summed E-state index contributed by atoms with van der Waals surface area (Å²) in [5.74, 6) is 0.769. The predicted octanol–water partition coefficient (Wildman–Crippen LogP) is 5.59. The van der Waals surface area contributed by atoms with Crippen molar-refractivity contribution in [3.63, 3.8) is 0 Å². The fourth-order valence-corrected chi connectivity index (χ4v) is 3.27. The lowest BCUT2D eigenvalue weighted by atomic mass is 9.96. The third-order valence-electron chi connectivity index (χ3n) is 4.79. The number of aryl methyl sites for hydroxylation is 1. The van der Waals surface area contributed by atoms with E-state index >= 15 is 0 Å². The quantitative estimate of drug-likeness (QED) is 0.335. The van der Waals surface area contributed by atoms with Crippen LogP contribution in [-0.2, 0) is 23.0 Å². The van der Waals surface area contributed by atoms with Crippen molar-refractivity contribution in [1.29, 1.82) is 0 Å². The van der Waals surface area contributed by atoms with Gasteiger partial charge < -0.3 is 4.74 Å². The van der Waals surface area contributed by atoms with Crippen molar-refractivity contribution in [3.8, 4) is 5.75 Å². The maximum Gasteiger partial charge on any atom is 0.270 e. The highest BCUT2D eigenvalue weighted by atomic mass is 32.2. The molecule has 0 fully saturated rings. The Bertz CT molecular complexity index is 610. The number of hydrogen-bond donors (Lipinski definition) is 1. The molecule has 0 radical (unpaired) electrons. The van der Waals surface area contributed by atoms with Gasteiger partial charge in [0.25, 0.3) is 10.1 Å². The first kappa shape index (κ1) is 23.0. The summed E-state index contributed by atoms with van der Waals surface area (Å²) in [6.45, 7) is 5.85. The first-order valence-electron chi connectivity index (χ1n) is 10.1. The standard InChI is InChI=1S/C21H36O4S/c1-4-6-8-10-13-19-14-12-16-21(20(19)15-11-9-7-5-2)25-17-18(3)26(22,23)24/h12,14,16,18H,4-11,13,15,17H2,1-3H3,(H,22,23,24). The fraction of sp³-hybridized carbons (Fsp3) is 0.714. The van der Waals surface area contributed by atoms with Crippen LogP contribution in [0.4, 0.5) is 0 Å². The Morgan fingerprint density at radius 1 is 0.962 bits per heavy atom. The van der Waals surface area contributed by atoms with Crippen molar-refractivity contribution in [2.75, 3.05) is 6.61 Å². The monoisotopic (exact) mass is 384 g/mol. The van der Waals surface area contributed by atoms with Crippen LogP contribution in [0, 0.1) is 0 Å². The molecule has 1 aromatic carbocycles. The summed E-state index contributed by atoms with van der Waals surface area (Å²) < 4.78 is 37.4. The minimum absolute atomic E-state index is 0.0277. The molecular formula is C21H36O4S. The second-order valence-electron chi connectivity index (χ2n) is 7.15. The molecule has 1 rings (SSSR count). The third-order valence-corrected chi connectivity index (χ3v) is 5.95. The minimum atomic E-state index is -4.07. The molecule has 5 heteroatoms. The second-order valence-corrected chi connectivity index (χ2v) is 8.99. The van der Waals surface area contributed by atoms with Gasteiger partial charge in [0.1, 0.15) is 17.6 Å². The molecule has 0 spiro atoms. The molecule has 0 heterocycles. The summed E-state index contributed by atoms with van der Waals surface area (Å²) in [7, 11) is -4.07. The molecule has 1 N–H and O–H groups in total. The van der Waals surface area contributed by atoms with E-state index in [1.165, 1.54) is 63.0 Å². The zero-order valence-electron chi connectivity index (χ0n) is 16.7. The van der Waals surface area contributed by atoms with E-state index in [0.717, 1.165) is 25.0 Å². The molecule has 0 bridgehead atoms. The van der Waals surface area contributed by atoms with Crippen molar-refractivity contribution in [2.45, 2.75) is 90.2 Å². The van der Waals surface area contributed by atoms with Crippen molar-refractivity contribution in [2.24, 2.45) is 0 Å². The number of ether oxygens (including phenoxy) is 1. The third kappa shape index (κ3) is 8.54. The van der Waals surface area contributed by atoms with Crippen LogP contribution in [0.15, 0.2) is 18.2 Å². The maximum atomic E-state index is 11.2. The normalized spacial score (nSPS) is 12.9. The van der Waals surface area contributed by atoms with E-state index in [1.807, 2.05) is 12.1 Å². The van der Waals surface area contributed by atoms with Crippen molar-refractivity contribution >= 4 is 10.1 Å². The van der Waals surface area contributed by atoms with E-state index in [-0.39, 0.29) is 6.61 Å². The number of unbranched alkanes of at least 4 members (excludes halogenated alkanes) is 6. The van der Waals surface area contributed by atoms with Crippen LogP contribution < -0.4 is 4.74 Å². The Balaban J connectivity index is 2.84. The smallest absolute Gasteiger partial charge is 0.270 e. The van der Waals surface area contributed by atoms with Crippen molar-refractivity contribution < 1.29 is 17.7 Å². The van der Waals surface area contributed by atoms with Gasteiger partial charge in [0.05, 0.1) is 0 Å². The zero-order chi connectivity index (χ0) is 19.4. The van der Waals surface area contributed by atoms with Crippen molar-refractivity contribution in [3.05, 3.63) is 29.3 Å². The van der Waals surface area contributed by atoms with E-state index in [0.29, 0.717) is 0 Å². The van der Waals surface area contributed by atoms with Gasteiger partial charge in [-0.05, 0) is 49.8 Å². The highest BCUT2D eigenvalue weighted by molar-refractivity contribution is 7.86. The molecule has 1 unspecified atom stereocenters. The summed E-state index contributed by atoms with van der Waals surface area (Å²) in [5, 5.41) is -0.927. The number of benzene rings is 1. The van der Waals surface area contributed by atoms with Gasteiger partial charge in [-0.15, -0.1) is 0 Å². The van der Waals surface area contributed by atoms with Crippen LogP contribution in [-0.4, -0.2) is 24.8 Å². The molecule has 150 valence electrons. The van der Waals surface area contributed by atoms with E-state index in [9.17, 15) is 8.42 Å². The van der Waals surface area contributed by atoms with Crippen LogP contribution in [0.2, 0.25) is 0 Å². The molecule has 0 amide bonds. The summed E-state index contributed by atoms with van der Waals surface area (Å²) in [4.78, 5) is 0. The van der Waals surface area contributed by atoms with Crippen LogP contribution in [0.1, 0.15) is 83.3 Å². The van der Waals surface area contributed by atoms with Gasteiger partial charge in [0.15, 0.2) is 0 Å². The molecule has 0 aliphatic rings. The van der Waals surface area contributed by atoms with Gasteiger partial charge in [0, 0.05) is 0 Å². The Morgan fingerprint density at radius 2 is 1.58 bits per heavy atom. The van der Waals surface area contributed by atoms with E-state index in [1.54, 1.807) is 0 Å². The Labute approximate surface area is 160 Å². The lowest BCUT2D eigenvalue weighted by Gasteiger charge is -2.17. The van der Waals surface area contributed by atoms with Gasteiger partial charge in [0.2, 0.25) is 0 Å². The van der Waals surface area contributed by atoms with Gasteiger partial charge in [-0.3, -0.25) is 4.55 Å². The zero-order valence-corrected chi connectivity index (χ0v) is 17.5. The summed E-state index contributed by atoms with van der Waals surface area (Å²) in [5.41, 5.74) is 2.53. The summed E-state index contributed by atoms with van der Waals surface area (Å²) >= 11 is 0. The average Bonchev–Trinajstić information content (AvgIpc) is 2.60. The summed E-state index contributed by atoms with van der Waals surface area (Å²) in [6.07, 6.45) is 11.6. The molecular weight excluding hydrogens is 348 g/mol. The van der Waals surface area contributed by atoms with E-state index in [4.69, 9.17) is 9.29 Å².